The normalized spacial score (nSPS) is 12.5. The Morgan fingerprint density at radius 1 is 1.41 bits per heavy atom. The quantitative estimate of drug-likeness (QED) is 0.757. The van der Waals surface area contributed by atoms with Gasteiger partial charge in [-0.3, -0.25) is 4.98 Å². The van der Waals surface area contributed by atoms with Gasteiger partial charge in [-0.15, -0.1) is 0 Å². The Morgan fingerprint density at radius 2 is 2.18 bits per heavy atom. The lowest BCUT2D eigenvalue weighted by molar-refractivity contribution is 0.232. The van der Waals surface area contributed by atoms with Crippen LogP contribution in [0.25, 0.3) is 0 Å². The number of rotatable bonds is 7. The Labute approximate surface area is 103 Å². The molecule has 1 aromatic rings. The van der Waals surface area contributed by atoms with E-state index in [1.807, 2.05) is 13.8 Å². The standard InChI is InChI=1S/C12H22N4O/c1-4-10(13)5-6-15-11-7-14-8-12(16-11)17-9(2)3/h7-10H,4-6,13H2,1-3H3,(H,15,16). The molecule has 1 unspecified atom stereocenters. The summed E-state index contributed by atoms with van der Waals surface area (Å²) in [5.74, 6) is 1.27. The molecule has 0 radical (unpaired) electrons. The van der Waals surface area contributed by atoms with Gasteiger partial charge in [0.1, 0.15) is 5.82 Å². The Morgan fingerprint density at radius 3 is 2.82 bits per heavy atom. The predicted molar refractivity (Wildman–Crippen MR) is 69.2 cm³/mol. The van der Waals surface area contributed by atoms with Gasteiger partial charge in [-0.2, -0.15) is 4.98 Å². The van der Waals surface area contributed by atoms with Crippen LogP contribution in [-0.2, 0) is 0 Å². The molecule has 0 aliphatic carbocycles. The van der Waals surface area contributed by atoms with Gasteiger partial charge in [0.05, 0.1) is 18.5 Å². The zero-order valence-electron chi connectivity index (χ0n) is 10.8. The van der Waals surface area contributed by atoms with Gasteiger partial charge in [0.25, 0.3) is 0 Å². The van der Waals surface area contributed by atoms with E-state index in [1.165, 1.54) is 0 Å². The number of anilines is 1. The van der Waals surface area contributed by atoms with Crippen LogP contribution >= 0.6 is 0 Å². The van der Waals surface area contributed by atoms with Crippen LogP contribution in [0.3, 0.4) is 0 Å². The van der Waals surface area contributed by atoms with Crippen molar-refractivity contribution in [1.29, 1.82) is 0 Å². The van der Waals surface area contributed by atoms with E-state index >= 15 is 0 Å². The minimum absolute atomic E-state index is 0.105. The van der Waals surface area contributed by atoms with Gasteiger partial charge in [0.15, 0.2) is 0 Å². The first-order valence-electron chi connectivity index (χ1n) is 6.10. The largest absolute Gasteiger partial charge is 0.474 e. The summed E-state index contributed by atoms with van der Waals surface area (Å²) in [5, 5.41) is 3.19. The second kappa shape index (κ2) is 7.06. The second-order valence-corrected chi connectivity index (χ2v) is 4.29. The fourth-order valence-electron chi connectivity index (χ4n) is 1.32. The zero-order valence-corrected chi connectivity index (χ0v) is 10.8. The summed E-state index contributed by atoms with van der Waals surface area (Å²) in [5.41, 5.74) is 5.83. The molecule has 1 rings (SSSR count). The third-order valence-electron chi connectivity index (χ3n) is 2.31. The summed E-state index contributed by atoms with van der Waals surface area (Å²) in [6.07, 6.45) is 5.32. The third kappa shape index (κ3) is 5.49. The Kier molecular flexibility index (Phi) is 5.69. The van der Waals surface area contributed by atoms with Crippen molar-refractivity contribution >= 4 is 5.82 Å². The first-order chi connectivity index (χ1) is 8.11. The van der Waals surface area contributed by atoms with Crippen molar-refractivity contribution in [2.24, 2.45) is 5.73 Å². The molecule has 5 nitrogen and oxygen atoms in total. The molecule has 0 saturated carbocycles. The molecule has 0 bridgehead atoms. The maximum atomic E-state index is 5.83. The molecule has 0 spiro atoms. The Hall–Kier alpha value is -1.36. The fraction of sp³-hybridized carbons (Fsp3) is 0.667. The van der Waals surface area contributed by atoms with Gasteiger partial charge in [-0.05, 0) is 26.7 Å². The van der Waals surface area contributed by atoms with Crippen molar-refractivity contribution in [2.75, 3.05) is 11.9 Å². The number of hydrogen-bond acceptors (Lipinski definition) is 5. The molecule has 1 atom stereocenters. The van der Waals surface area contributed by atoms with E-state index in [9.17, 15) is 0 Å². The van der Waals surface area contributed by atoms with Gasteiger partial charge < -0.3 is 15.8 Å². The Bertz CT molecular complexity index is 330. The second-order valence-electron chi connectivity index (χ2n) is 4.29. The van der Waals surface area contributed by atoms with Crippen LogP contribution in [0.4, 0.5) is 5.82 Å². The highest BCUT2D eigenvalue weighted by Crippen LogP contribution is 2.10. The Balaban J connectivity index is 2.43. The van der Waals surface area contributed by atoms with E-state index in [4.69, 9.17) is 10.5 Å². The summed E-state index contributed by atoms with van der Waals surface area (Å²) in [7, 11) is 0. The van der Waals surface area contributed by atoms with Gasteiger partial charge in [-0.25, -0.2) is 0 Å². The molecule has 0 fully saturated rings. The third-order valence-corrected chi connectivity index (χ3v) is 2.31. The molecule has 1 aromatic heterocycles. The van der Waals surface area contributed by atoms with Crippen molar-refractivity contribution < 1.29 is 4.74 Å². The average molecular weight is 238 g/mol. The summed E-state index contributed by atoms with van der Waals surface area (Å²) < 4.78 is 5.47. The smallest absolute Gasteiger partial charge is 0.234 e. The fourth-order valence-corrected chi connectivity index (χ4v) is 1.32. The minimum Gasteiger partial charge on any atom is -0.474 e. The van der Waals surface area contributed by atoms with Crippen molar-refractivity contribution in [2.45, 2.75) is 45.8 Å². The van der Waals surface area contributed by atoms with E-state index in [0.29, 0.717) is 5.88 Å². The number of aromatic nitrogens is 2. The molecule has 1 heterocycles. The van der Waals surface area contributed by atoms with Crippen LogP contribution in [-0.4, -0.2) is 28.7 Å². The van der Waals surface area contributed by atoms with E-state index in [0.717, 1.165) is 25.2 Å². The minimum atomic E-state index is 0.105. The van der Waals surface area contributed by atoms with Gasteiger partial charge in [0.2, 0.25) is 5.88 Å². The first-order valence-corrected chi connectivity index (χ1v) is 6.10. The lowest BCUT2D eigenvalue weighted by atomic mass is 10.2. The van der Waals surface area contributed by atoms with Crippen molar-refractivity contribution in [3.63, 3.8) is 0 Å². The SMILES string of the molecule is CCC(N)CCNc1cncc(OC(C)C)n1. The highest BCUT2D eigenvalue weighted by Gasteiger charge is 2.03. The number of hydrogen-bond donors (Lipinski definition) is 2. The summed E-state index contributed by atoms with van der Waals surface area (Å²) in [6.45, 7) is 6.81. The van der Waals surface area contributed by atoms with E-state index in [-0.39, 0.29) is 12.1 Å². The van der Waals surface area contributed by atoms with Gasteiger partial charge in [0, 0.05) is 12.6 Å². The molecule has 17 heavy (non-hydrogen) atoms. The van der Waals surface area contributed by atoms with Crippen LogP contribution in [0, 0.1) is 0 Å². The lowest BCUT2D eigenvalue weighted by Crippen LogP contribution is -2.22. The summed E-state index contributed by atoms with van der Waals surface area (Å²) in [6, 6.07) is 0.241. The summed E-state index contributed by atoms with van der Waals surface area (Å²) >= 11 is 0. The van der Waals surface area contributed by atoms with Gasteiger partial charge in [-0.1, -0.05) is 6.92 Å². The molecular weight excluding hydrogens is 216 g/mol. The number of nitrogens with two attached hydrogens (primary N) is 1. The number of nitrogens with zero attached hydrogens (tertiary/aromatic N) is 2. The monoisotopic (exact) mass is 238 g/mol. The molecular formula is C12H22N4O. The van der Waals surface area contributed by atoms with Crippen molar-refractivity contribution in [3.05, 3.63) is 12.4 Å². The van der Waals surface area contributed by atoms with E-state index in [1.54, 1.807) is 12.4 Å². The number of nitrogens with one attached hydrogen (secondary N) is 1. The molecule has 3 N–H and O–H groups in total. The molecule has 5 heteroatoms. The maximum Gasteiger partial charge on any atom is 0.234 e. The highest BCUT2D eigenvalue weighted by molar-refractivity contribution is 5.33. The lowest BCUT2D eigenvalue weighted by Gasteiger charge is -2.11. The van der Waals surface area contributed by atoms with Crippen molar-refractivity contribution in [1.82, 2.24) is 9.97 Å². The van der Waals surface area contributed by atoms with Crippen molar-refractivity contribution in [3.8, 4) is 5.88 Å². The molecule has 0 aliphatic rings. The van der Waals surface area contributed by atoms with Crippen LogP contribution in [0.15, 0.2) is 12.4 Å². The molecule has 0 aromatic carbocycles. The number of ether oxygens (including phenoxy) is 1. The van der Waals surface area contributed by atoms with E-state index in [2.05, 4.69) is 22.2 Å². The van der Waals surface area contributed by atoms with Crippen LogP contribution < -0.4 is 15.8 Å². The van der Waals surface area contributed by atoms with Crippen LogP contribution in [0.5, 0.6) is 5.88 Å². The van der Waals surface area contributed by atoms with Crippen LogP contribution in [0.2, 0.25) is 0 Å². The maximum absolute atomic E-state index is 5.83. The van der Waals surface area contributed by atoms with E-state index < -0.39 is 0 Å². The molecule has 0 amide bonds. The topological polar surface area (TPSA) is 73.1 Å². The van der Waals surface area contributed by atoms with Gasteiger partial charge >= 0.3 is 0 Å². The summed E-state index contributed by atoms with van der Waals surface area (Å²) in [4.78, 5) is 8.37. The molecule has 96 valence electrons. The van der Waals surface area contributed by atoms with Crippen LogP contribution in [0.1, 0.15) is 33.6 Å². The predicted octanol–water partition coefficient (Wildman–Crippen LogP) is 1.80. The average Bonchev–Trinajstić information content (AvgIpc) is 2.28. The molecule has 0 aliphatic heterocycles. The first kappa shape index (κ1) is 13.7. The highest BCUT2D eigenvalue weighted by atomic mass is 16.5. The molecule has 0 saturated heterocycles. The zero-order chi connectivity index (χ0) is 12.7.